The SMILES string of the molecule is C=C1CC12N=C(C)C(=O)N2C(CCC(C)(C)C)c1ccc(C(=O)NC)cc1.CC.CC(C)CN.CC(N)N(C)SNN.CC/C=C\C(Cl)=C/CCl. The third-order valence-electron chi connectivity index (χ3n) is 7.47. The quantitative estimate of drug-likeness (QED) is 0.0272. The molecule has 0 aromatic heterocycles. The maximum absolute atomic E-state index is 13.0. The molecule has 13 heteroatoms. The summed E-state index contributed by atoms with van der Waals surface area (Å²) < 4.78 is 1.81. The highest BCUT2D eigenvalue weighted by Gasteiger charge is 2.60. The molecule has 292 valence electrons. The minimum Gasteiger partial charge on any atom is -0.355 e. The van der Waals surface area contributed by atoms with Crippen LogP contribution in [0.15, 0.2) is 64.7 Å². The van der Waals surface area contributed by atoms with E-state index in [0.717, 1.165) is 43.4 Å². The third-order valence-corrected chi connectivity index (χ3v) is 8.63. The van der Waals surface area contributed by atoms with Crippen LogP contribution in [0.1, 0.15) is 117 Å². The van der Waals surface area contributed by atoms with Gasteiger partial charge >= 0.3 is 0 Å². The molecule has 10 nitrogen and oxygen atoms in total. The number of nitrogens with two attached hydrogens (primary N) is 3. The summed E-state index contributed by atoms with van der Waals surface area (Å²) in [6.45, 7) is 25.4. The molecule has 3 atom stereocenters. The number of rotatable bonds is 12. The lowest BCUT2D eigenvalue weighted by molar-refractivity contribution is -0.128. The first-order valence-electron chi connectivity index (χ1n) is 17.6. The van der Waals surface area contributed by atoms with Gasteiger partial charge in [0.2, 0.25) is 0 Å². The lowest BCUT2D eigenvalue weighted by Gasteiger charge is -2.34. The first kappa shape index (κ1) is 50.9. The first-order chi connectivity index (χ1) is 23.8. The van der Waals surface area contributed by atoms with Crippen molar-refractivity contribution in [3.05, 3.63) is 70.8 Å². The fourth-order valence-electron chi connectivity index (χ4n) is 4.30. The number of benzene rings is 1. The van der Waals surface area contributed by atoms with Crippen molar-refractivity contribution in [2.45, 2.75) is 113 Å². The monoisotopic (exact) mass is 770 g/mol. The van der Waals surface area contributed by atoms with Gasteiger partial charge in [-0.15, -0.1) is 11.6 Å². The van der Waals surface area contributed by atoms with Crippen LogP contribution in [0.25, 0.3) is 0 Å². The summed E-state index contributed by atoms with van der Waals surface area (Å²) in [5.74, 6) is 6.00. The number of carbonyl (C=O) groups is 2. The molecule has 0 radical (unpaired) electrons. The molecule has 1 heterocycles. The minimum absolute atomic E-state index is 0.0112. The third kappa shape index (κ3) is 19.4. The zero-order valence-corrected chi connectivity index (χ0v) is 35.6. The van der Waals surface area contributed by atoms with E-state index in [1.165, 1.54) is 12.1 Å². The van der Waals surface area contributed by atoms with Crippen molar-refractivity contribution in [1.29, 1.82) is 0 Å². The Balaban J connectivity index is 0. The second kappa shape index (κ2) is 26.5. The van der Waals surface area contributed by atoms with Crippen LogP contribution >= 0.6 is 35.3 Å². The molecule has 0 saturated heterocycles. The Kier molecular flexibility index (Phi) is 26.5. The van der Waals surface area contributed by atoms with Crippen molar-refractivity contribution >= 4 is 52.9 Å². The molecule has 8 N–H and O–H groups in total. The van der Waals surface area contributed by atoms with E-state index in [4.69, 9.17) is 40.5 Å². The second-order valence-electron chi connectivity index (χ2n) is 13.5. The van der Waals surface area contributed by atoms with Crippen LogP contribution in [0.5, 0.6) is 0 Å². The maximum atomic E-state index is 13.0. The predicted molar refractivity (Wildman–Crippen MR) is 223 cm³/mol. The van der Waals surface area contributed by atoms with Crippen LogP contribution in [-0.4, -0.2) is 65.1 Å². The fraction of sp³-hybridized carbons (Fsp3) is 0.605. The maximum Gasteiger partial charge on any atom is 0.270 e. The van der Waals surface area contributed by atoms with Gasteiger partial charge in [0.15, 0.2) is 5.66 Å². The molecule has 1 saturated carbocycles. The van der Waals surface area contributed by atoms with Crippen molar-refractivity contribution in [1.82, 2.24) is 19.4 Å². The Morgan fingerprint density at radius 1 is 1.22 bits per heavy atom. The highest BCUT2D eigenvalue weighted by molar-refractivity contribution is 7.95. The van der Waals surface area contributed by atoms with Crippen molar-refractivity contribution in [3.63, 3.8) is 0 Å². The van der Waals surface area contributed by atoms with Crippen LogP contribution in [0, 0.1) is 11.3 Å². The van der Waals surface area contributed by atoms with Crippen molar-refractivity contribution in [2.24, 2.45) is 33.6 Å². The molecule has 51 heavy (non-hydrogen) atoms. The van der Waals surface area contributed by atoms with Crippen LogP contribution in [0.3, 0.4) is 0 Å². The van der Waals surface area contributed by atoms with Crippen LogP contribution in [0.2, 0.25) is 0 Å². The van der Waals surface area contributed by atoms with Crippen molar-refractivity contribution < 1.29 is 9.59 Å². The lowest BCUT2D eigenvalue weighted by atomic mass is 9.86. The molecule has 3 unspecified atom stereocenters. The minimum atomic E-state index is -0.552. The molecule has 2 aliphatic rings. The number of nitrogens with one attached hydrogen (secondary N) is 2. The number of carbonyl (C=O) groups excluding carboxylic acids is 2. The Morgan fingerprint density at radius 3 is 2.10 bits per heavy atom. The van der Waals surface area contributed by atoms with Gasteiger partial charge in [0, 0.05) is 49.1 Å². The highest BCUT2D eigenvalue weighted by Crippen LogP contribution is 2.55. The normalized spacial score (nSPS) is 17.7. The topological polar surface area (TPSA) is 155 Å². The summed E-state index contributed by atoms with van der Waals surface area (Å²) in [4.78, 5) is 33.8. The molecular weight excluding hydrogens is 703 g/mol. The molecule has 3 rings (SSSR count). The average Bonchev–Trinajstić information content (AvgIpc) is 3.66. The van der Waals surface area contributed by atoms with Gasteiger partial charge in [-0.05, 0) is 80.3 Å². The molecule has 1 fully saturated rings. The molecule has 1 aliphatic carbocycles. The Morgan fingerprint density at radius 2 is 1.75 bits per heavy atom. The number of hydrogen-bond donors (Lipinski definition) is 5. The highest BCUT2D eigenvalue weighted by atomic mass is 35.5. The number of nitrogens with zero attached hydrogens (tertiary/aromatic N) is 3. The summed E-state index contributed by atoms with van der Waals surface area (Å²) >= 11 is 12.3. The van der Waals surface area contributed by atoms with Gasteiger partial charge in [-0.1, -0.05) is 97.9 Å². The van der Waals surface area contributed by atoms with Gasteiger partial charge in [0.25, 0.3) is 11.8 Å². The Bertz CT molecular complexity index is 1260. The molecular formula is C38H68Cl2N8O2S. The van der Waals surface area contributed by atoms with Gasteiger partial charge < -0.3 is 21.7 Å². The van der Waals surface area contributed by atoms with E-state index in [1.54, 1.807) is 24.4 Å². The molecule has 0 bridgehead atoms. The van der Waals surface area contributed by atoms with E-state index in [0.29, 0.717) is 28.1 Å². The van der Waals surface area contributed by atoms with E-state index in [1.807, 2.05) is 69.1 Å². The molecule has 2 amide bonds. The van der Waals surface area contributed by atoms with Crippen LogP contribution in [-0.2, 0) is 4.79 Å². The Labute approximate surface area is 324 Å². The van der Waals surface area contributed by atoms with Crippen LogP contribution < -0.4 is 27.5 Å². The summed E-state index contributed by atoms with van der Waals surface area (Å²) in [5.41, 5.74) is 13.4. The van der Waals surface area contributed by atoms with E-state index in [9.17, 15) is 9.59 Å². The predicted octanol–water partition coefficient (Wildman–Crippen LogP) is 8.06. The number of hydrogen-bond acceptors (Lipinski definition) is 9. The molecule has 1 aromatic carbocycles. The van der Waals surface area contributed by atoms with Gasteiger partial charge in [-0.2, -0.15) is 4.83 Å². The molecule has 1 aromatic rings. The Hall–Kier alpha value is -2.22. The standard InChI is InChI=1S/C22H29N3O2.C7H10Cl2.C4H11N.C3H12N4S.C2H6/c1-14-13-22(14)24-15(2)20(27)25(22)18(11-12-21(3,4)5)16-7-9-17(10-8-16)19(26)23-6;1-2-3-4-7(9)5-6-8;1-4(2)3-5;1-3(4)7(2)8-6-5;1-2/h7-10,18H,1,11-13H2,2-6H3,(H,23,26);3-5H,2,6H2,1H3;4H,3,5H2,1-2H3;3,6H,4-5H2,1-2H3;1-2H3/b;4-3-,7-5+;;;. The zero-order chi connectivity index (χ0) is 39.9. The van der Waals surface area contributed by atoms with Crippen molar-refractivity contribution in [2.75, 3.05) is 26.5 Å². The molecule has 1 spiro atoms. The fourth-order valence-corrected chi connectivity index (χ4v) is 5.05. The average molecular weight is 772 g/mol. The summed E-state index contributed by atoms with van der Waals surface area (Å²) in [5, 5.41) is 3.35. The number of amides is 2. The van der Waals surface area contributed by atoms with E-state index in [-0.39, 0.29) is 29.4 Å². The van der Waals surface area contributed by atoms with Gasteiger partial charge in [0.05, 0.1) is 17.9 Å². The van der Waals surface area contributed by atoms with Gasteiger partial charge in [-0.25, -0.2) is 4.31 Å². The number of aliphatic imine (C=N–C) groups is 1. The number of hydrazine groups is 1. The number of halogens is 2. The van der Waals surface area contributed by atoms with Crippen LogP contribution in [0.4, 0.5) is 0 Å². The van der Waals surface area contributed by atoms with E-state index in [2.05, 4.69) is 63.3 Å². The van der Waals surface area contributed by atoms with E-state index < -0.39 is 5.66 Å². The number of alkyl halides is 1. The lowest BCUT2D eigenvalue weighted by Crippen LogP contribution is -2.41. The first-order valence-corrected chi connectivity index (χ1v) is 19.3. The summed E-state index contributed by atoms with van der Waals surface area (Å²) in [6, 6.07) is 7.47. The largest absolute Gasteiger partial charge is 0.355 e. The van der Waals surface area contributed by atoms with E-state index >= 15 is 0 Å². The molecule has 1 aliphatic heterocycles. The van der Waals surface area contributed by atoms with Crippen molar-refractivity contribution in [3.8, 4) is 0 Å². The summed E-state index contributed by atoms with van der Waals surface area (Å²) in [7, 11) is 3.48. The second-order valence-corrected chi connectivity index (χ2v) is 15.2. The zero-order valence-electron chi connectivity index (χ0n) is 33.3. The number of allylic oxidation sites excluding steroid dienone is 4. The summed E-state index contributed by atoms with van der Waals surface area (Å²) in [6.07, 6.45) is 9.18. The van der Waals surface area contributed by atoms with Gasteiger partial charge in [0.1, 0.15) is 0 Å². The van der Waals surface area contributed by atoms with Gasteiger partial charge in [-0.3, -0.25) is 20.4 Å². The smallest absolute Gasteiger partial charge is 0.270 e.